The average Bonchev–Trinajstić information content (AvgIpc) is 3.35. The highest BCUT2D eigenvalue weighted by Crippen LogP contribution is 2.41. The molecule has 2 rings (SSSR count). The number of rotatable bonds is 16. The zero-order valence-electron chi connectivity index (χ0n) is 23.4. The van der Waals surface area contributed by atoms with Crippen molar-refractivity contribution in [1.29, 1.82) is 0 Å². The fourth-order valence-electron chi connectivity index (χ4n) is 5.41. The first-order chi connectivity index (χ1) is 16.8. The summed E-state index contributed by atoms with van der Waals surface area (Å²) in [4.78, 5) is 15.0. The number of carbonyl (C=O) groups is 1. The summed E-state index contributed by atoms with van der Waals surface area (Å²) in [6.45, 7) is 14.3. The van der Waals surface area contributed by atoms with Crippen molar-refractivity contribution in [2.24, 2.45) is 0 Å². The normalized spacial score (nSPS) is 18.6. The van der Waals surface area contributed by atoms with Gasteiger partial charge in [0.1, 0.15) is 0 Å². The van der Waals surface area contributed by atoms with E-state index in [1.807, 2.05) is 11.8 Å². The van der Waals surface area contributed by atoms with Crippen LogP contribution in [0.3, 0.4) is 0 Å². The summed E-state index contributed by atoms with van der Waals surface area (Å²) >= 11 is 1.92. The Labute approximate surface area is 221 Å². The zero-order valence-corrected chi connectivity index (χ0v) is 24.2. The predicted molar refractivity (Wildman–Crippen MR) is 156 cm³/mol. The molecule has 0 aliphatic carbocycles. The monoisotopic (exact) mass is 500 g/mol. The molecule has 3 nitrogen and oxygen atoms in total. The van der Waals surface area contributed by atoms with Crippen LogP contribution in [0.25, 0.3) is 0 Å². The fourth-order valence-corrected chi connectivity index (χ4v) is 6.23. The molecule has 2 saturated heterocycles. The summed E-state index contributed by atoms with van der Waals surface area (Å²) in [6.07, 6.45) is 22.1. The number of nitrogens with one attached hydrogen (secondary N) is 1. The highest BCUT2D eigenvalue weighted by atomic mass is 32.2. The van der Waals surface area contributed by atoms with Crippen molar-refractivity contribution in [2.75, 3.05) is 31.1 Å². The molecule has 4 heteroatoms. The first-order valence-electron chi connectivity index (χ1n) is 14.0. The molecular formula is C31H52N2OS. The molecule has 0 aromatic rings. The first kappa shape index (κ1) is 30.0. The highest BCUT2D eigenvalue weighted by Gasteiger charge is 2.45. The van der Waals surface area contributed by atoms with Gasteiger partial charge in [-0.05, 0) is 112 Å². The molecule has 198 valence electrons. The molecule has 0 aromatic heterocycles. The molecule has 0 radical (unpaired) electrons. The van der Waals surface area contributed by atoms with Crippen molar-refractivity contribution in [1.82, 2.24) is 10.2 Å². The van der Waals surface area contributed by atoms with Gasteiger partial charge in [-0.3, -0.25) is 9.69 Å². The van der Waals surface area contributed by atoms with Crippen LogP contribution in [0.2, 0.25) is 0 Å². The number of allylic oxidation sites excluding steroid dienone is 7. The summed E-state index contributed by atoms with van der Waals surface area (Å²) < 4.78 is 0. The third-order valence-corrected chi connectivity index (χ3v) is 8.47. The molecule has 0 bridgehead atoms. The van der Waals surface area contributed by atoms with Gasteiger partial charge in [-0.25, -0.2) is 0 Å². The summed E-state index contributed by atoms with van der Waals surface area (Å²) in [5.41, 5.74) is 6.11. The maximum Gasteiger partial charge on any atom is 0.221 e. The lowest BCUT2D eigenvalue weighted by Crippen LogP contribution is -2.43. The van der Waals surface area contributed by atoms with E-state index < -0.39 is 0 Å². The third kappa shape index (κ3) is 12.0. The average molecular weight is 501 g/mol. The molecule has 1 amide bonds. The van der Waals surface area contributed by atoms with Crippen molar-refractivity contribution in [3.05, 3.63) is 46.6 Å². The summed E-state index contributed by atoms with van der Waals surface area (Å²) in [5.74, 6) is 2.29. The lowest BCUT2D eigenvalue weighted by Gasteiger charge is -2.31. The lowest BCUT2D eigenvalue weighted by atomic mass is 9.90. The maximum atomic E-state index is 12.4. The van der Waals surface area contributed by atoms with Gasteiger partial charge in [-0.1, -0.05) is 46.6 Å². The van der Waals surface area contributed by atoms with E-state index in [1.54, 1.807) is 0 Å². The van der Waals surface area contributed by atoms with Crippen LogP contribution < -0.4 is 5.32 Å². The second-order valence-electron chi connectivity index (χ2n) is 11.1. The Hall–Kier alpha value is -1.26. The largest absolute Gasteiger partial charge is 0.355 e. The molecule has 0 unspecified atom stereocenters. The number of thioether (sulfide) groups is 1. The number of nitrogens with zero attached hydrogens (tertiary/aromatic N) is 1. The minimum absolute atomic E-state index is 0.199. The van der Waals surface area contributed by atoms with Crippen molar-refractivity contribution in [2.45, 2.75) is 111 Å². The van der Waals surface area contributed by atoms with Crippen molar-refractivity contribution >= 4 is 17.7 Å². The number of carbonyl (C=O) groups excluding carboxylic acids is 1. The van der Waals surface area contributed by atoms with Crippen molar-refractivity contribution in [3.8, 4) is 0 Å². The van der Waals surface area contributed by atoms with Crippen LogP contribution in [0, 0.1) is 0 Å². The van der Waals surface area contributed by atoms with Crippen molar-refractivity contribution in [3.63, 3.8) is 0 Å². The molecule has 0 atom stereocenters. The van der Waals surface area contributed by atoms with Crippen LogP contribution in [0.1, 0.15) is 105 Å². The Kier molecular flexibility index (Phi) is 14.1. The van der Waals surface area contributed by atoms with Gasteiger partial charge in [0.05, 0.1) is 0 Å². The van der Waals surface area contributed by atoms with Crippen molar-refractivity contribution < 1.29 is 4.79 Å². The summed E-state index contributed by atoms with van der Waals surface area (Å²) in [6, 6.07) is 0. The van der Waals surface area contributed by atoms with Gasteiger partial charge in [0, 0.05) is 30.0 Å². The summed E-state index contributed by atoms with van der Waals surface area (Å²) in [7, 11) is 0. The van der Waals surface area contributed by atoms with E-state index in [0.29, 0.717) is 6.42 Å². The number of hydrogen-bond acceptors (Lipinski definition) is 3. The Balaban J connectivity index is 1.50. The van der Waals surface area contributed by atoms with Gasteiger partial charge in [0.2, 0.25) is 5.91 Å². The minimum atomic E-state index is 0.199. The SMILES string of the molecule is CC(C)=CCC/C(C)=C/CC/C(C)=C/CC/C(C)=C/CSCCNC(=O)CC12CCCN1CCC2. The standard InChI is InChI=1S/C31H52N2OS/c1-26(2)11-6-12-27(3)13-7-14-28(4)15-8-16-29(5)17-23-35-24-20-32-30(34)25-31-18-9-21-33(31)22-10-19-31/h11,13,15,17H,6-10,12,14,16,18-25H2,1-5H3,(H,32,34)/b27-13+,28-15+,29-17+. The highest BCUT2D eigenvalue weighted by molar-refractivity contribution is 7.99. The molecular weight excluding hydrogens is 448 g/mol. The smallest absolute Gasteiger partial charge is 0.221 e. The molecule has 2 heterocycles. The lowest BCUT2D eigenvalue weighted by molar-refractivity contribution is -0.123. The fraction of sp³-hybridized carbons (Fsp3) is 0.710. The van der Waals surface area contributed by atoms with E-state index in [0.717, 1.165) is 43.7 Å². The van der Waals surface area contributed by atoms with Crippen LogP contribution in [0.5, 0.6) is 0 Å². The predicted octanol–water partition coefficient (Wildman–Crippen LogP) is 8.00. The molecule has 0 spiro atoms. The number of hydrogen-bond donors (Lipinski definition) is 1. The molecule has 0 aromatic carbocycles. The maximum absolute atomic E-state index is 12.4. The van der Waals surface area contributed by atoms with Gasteiger partial charge in [0.25, 0.3) is 0 Å². The van der Waals surface area contributed by atoms with Gasteiger partial charge in [-0.2, -0.15) is 11.8 Å². The van der Waals surface area contributed by atoms with Gasteiger partial charge >= 0.3 is 0 Å². The molecule has 2 fully saturated rings. The van der Waals surface area contributed by atoms with E-state index >= 15 is 0 Å². The first-order valence-corrected chi connectivity index (χ1v) is 15.2. The summed E-state index contributed by atoms with van der Waals surface area (Å²) in [5, 5.41) is 3.17. The number of amides is 1. The quantitative estimate of drug-likeness (QED) is 0.172. The van der Waals surface area contributed by atoms with E-state index in [1.165, 1.54) is 73.9 Å². The molecule has 1 N–H and O–H groups in total. The van der Waals surface area contributed by atoms with E-state index in [4.69, 9.17) is 0 Å². The van der Waals surface area contributed by atoms with E-state index in [2.05, 4.69) is 69.1 Å². The molecule has 2 aliphatic rings. The van der Waals surface area contributed by atoms with Crippen LogP contribution in [0.15, 0.2) is 46.6 Å². The van der Waals surface area contributed by atoms with Crippen LogP contribution in [0.4, 0.5) is 0 Å². The Morgan fingerprint density at radius 2 is 1.37 bits per heavy atom. The molecule has 0 saturated carbocycles. The van der Waals surface area contributed by atoms with Gasteiger partial charge in [-0.15, -0.1) is 0 Å². The molecule has 2 aliphatic heterocycles. The number of fused-ring (bicyclic) bond motifs is 1. The van der Waals surface area contributed by atoms with Gasteiger partial charge in [0.15, 0.2) is 0 Å². The Morgan fingerprint density at radius 3 is 1.94 bits per heavy atom. The Morgan fingerprint density at radius 1 is 0.829 bits per heavy atom. The van der Waals surface area contributed by atoms with Crippen LogP contribution in [-0.2, 0) is 4.79 Å². The molecule has 35 heavy (non-hydrogen) atoms. The van der Waals surface area contributed by atoms with Crippen LogP contribution >= 0.6 is 11.8 Å². The van der Waals surface area contributed by atoms with Gasteiger partial charge < -0.3 is 5.32 Å². The topological polar surface area (TPSA) is 32.3 Å². The van der Waals surface area contributed by atoms with E-state index in [-0.39, 0.29) is 11.4 Å². The second kappa shape index (κ2) is 16.5. The second-order valence-corrected chi connectivity index (χ2v) is 12.2. The third-order valence-electron chi connectivity index (χ3n) is 7.57. The van der Waals surface area contributed by atoms with E-state index in [9.17, 15) is 4.79 Å². The Bertz CT molecular complexity index is 763. The zero-order chi connectivity index (χ0) is 25.5. The minimum Gasteiger partial charge on any atom is -0.355 e. The van der Waals surface area contributed by atoms with Crippen LogP contribution in [-0.4, -0.2) is 47.5 Å².